The zero-order valence-corrected chi connectivity index (χ0v) is 17.1. The third kappa shape index (κ3) is 3.98. The summed E-state index contributed by atoms with van der Waals surface area (Å²) in [6, 6.07) is 20.7. The van der Waals surface area contributed by atoms with Gasteiger partial charge in [0.05, 0.1) is 12.8 Å². The Kier molecular flexibility index (Phi) is 5.27. The quantitative estimate of drug-likeness (QED) is 0.497. The first-order valence-electron chi connectivity index (χ1n) is 8.85. The number of halogens is 2. The number of rotatable bonds is 4. The van der Waals surface area contributed by atoms with Gasteiger partial charge in [0.2, 0.25) is 0 Å². The largest absolute Gasteiger partial charge is 0.497 e. The molecule has 144 valence electrons. The van der Waals surface area contributed by atoms with Crippen molar-refractivity contribution in [3.8, 4) is 5.75 Å². The lowest BCUT2D eigenvalue weighted by Gasteiger charge is -2.19. The Balaban J connectivity index is 1.79. The highest BCUT2D eigenvalue weighted by atomic mass is 79.9. The molecule has 1 heterocycles. The van der Waals surface area contributed by atoms with Gasteiger partial charge in [-0.05, 0) is 60.2 Å². The van der Waals surface area contributed by atoms with E-state index in [4.69, 9.17) is 4.74 Å². The molecule has 4 nitrogen and oxygen atoms in total. The van der Waals surface area contributed by atoms with Crippen LogP contribution in [0.3, 0.4) is 0 Å². The number of anilines is 1. The summed E-state index contributed by atoms with van der Waals surface area (Å²) in [5.74, 6) is 0.645. The van der Waals surface area contributed by atoms with Crippen LogP contribution in [0.25, 0.3) is 6.08 Å². The fraction of sp³-hybridized carbons (Fsp3) is 0.0435. The highest BCUT2D eigenvalue weighted by molar-refractivity contribution is 9.10. The predicted molar refractivity (Wildman–Crippen MR) is 116 cm³/mol. The smallest absolute Gasteiger partial charge is 0.282 e. The van der Waals surface area contributed by atoms with E-state index >= 15 is 0 Å². The molecule has 0 fully saturated rings. The zero-order chi connectivity index (χ0) is 20.4. The predicted octanol–water partition coefficient (Wildman–Crippen LogP) is 5.43. The van der Waals surface area contributed by atoms with Crippen molar-refractivity contribution in [2.75, 3.05) is 12.0 Å². The van der Waals surface area contributed by atoms with E-state index < -0.39 is 0 Å². The maximum atomic E-state index is 13.2. The molecule has 0 aromatic heterocycles. The molecular formula is C23H16BrFN2O2. The van der Waals surface area contributed by atoms with Gasteiger partial charge >= 0.3 is 0 Å². The van der Waals surface area contributed by atoms with Crippen LogP contribution in [-0.2, 0) is 4.79 Å². The molecule has 0 saturated heterocycles. The van der Waals surface area contributed by atoms with Crippen molar-refractivity contribution in [3.05, 3.63) is 99.9 Å². The van der Waals surface area contributed by atoms with Crippen molar-refractivity contribution in [2.45, 2.75) is 0 Å². The first-order valence-corrected chi connectivity index (χ1v) is 9.65. The standard InChI is InChI=1S/C23H16BrFN2O2/c1-29-20-12-10-19(11-13-20)27-22(16-4-6-17(24)7-5-16)26-21(23(27)28)14-15-2-8-18(25)9-3-15/h2-14H,1H3/b21-14+. The molecule has 1 aliphatic rings. The SMILES string of the molecule is COc1ccc(N2C(=O)/C(=C\c3ccc(F)cc3)N=C2c2ccc(Br)cc2)cc1. The lowest BCUT2D eigenvalue weighted by atomic mass is 10.1. The summed E-state index contributed by atoms with van der Waals surface area (Å²) in [4.78, 5) is 19.4. The molecule has 3 aromatic rings. The number of methoxy groups -OCH3 is 1. The van der Waals surface area contributed by atoms with E-state index in [9.17, 15) is 9.18 Å². The lowest BCUT2D eigenvalue weighted by Crippen LogP contribution is -2.32. The van der Waals surface area contributed by atoms with E-state index in [1.807, 2.05) is 36.4 Å². The number of hydrogen-bond donors (Lipinski definition) is 0. The van der Waals surface area contributed by atoms with Crippen molar-refractivity contribution >= 4 is 39.4 Å². The number of benzene rings is 3. The molecule has 0 saturated carbocycles. The molecule has 29 heavy (non-hydrogen) atoms. The van der Waals surface area contributed by atoms with E-state index in [0.29, 0.717) is 22.8 Å². The molecule has 1 amide bonds. The topological polar surface area (TPSA) is 41.9 Å². The van der Waals surface area contributed by atoms with Crippen molar-refractivity contribution < 1.29 is 13.9 Å². The third-order valence-corrected chi connectivity index (χ3v) is 5.00. The average molecular weight is 451 g/mol. The minimum Gasteiger partial charge on any atom is -0.497 e. The van der Waals surface area contributed by atoms with Gasteiger partial charge in [0.15, 0.2) is 0 Å². The van der Waals surface area contributed by atoms with Gasteiger partial charge in [0, 0.05) is 10.0 Å². The summed E-state index contributed by atoms with van der Waals surface area (Å²) in [6.07, 6.45) is 1.66. The number of nitrogens with zero attached hydrogens (tertiary/aromatic N) is 2. The first-order chi connectivity index (χ1) is 14.0. The van der Waals surface area contributed by atoms with Crippen LogP contribution in [0.15, 0.2) is 88.0 Å². The highest BCUT2D eigenvalue weighted by Gasteiger charge is 2.32. The van der Waals surface area contributed by atoms with Gasteiger partial charge in [0.25, 0.3) is 5.91 Å². The summed E-state index contributed by atoms with van der Waals surface area (Å²) >= 11 is 3.43. The van der Waals surface area contributed by atoms with Crippen LogP contribution in [0.5, 0.6) is 5.75 Å². The summed E-state index contributed by atoms with van der Waals surface area (Å²) in [5, 5.41) is 0. The number of ether oxygens (including phenoxy) is 1. The monoisotopic (exact) mass is 450 g/mol. The Morgan fingerprint density at radius 2 is 1.62 bits per heavy atom. The van der Waals surface area contributed by atoms with E-state index in [1.165, 1.54) is 12.1 Å². The molecule has 0 radical (unpaired) electrons. The van der Waals surface area contributed by atoms with Gasteiger partial charge in [-0.25, -0.2) is 9.38 Å². The van der Waals surface area contributed by atoms with Gasteiger partial charge in [-0.15, -0.1) is 0 Å². The molecule has 1 aliphatic heterocycles. The van der Waals surface area contributed by atoms with Gasteiger partial charge in [0.1, 0.15) is 23.1 Å². The molecule has 0 bridgehead atoms. The number of amides is 1. The number of hydrogen-bond acceptors (Lipinski definition) is 3. The molecule has 0 atom stereocenters. The Morgan fingerprint density at radius 3 is 2.24 bits per heavy atom. The van der Waals surface area contributed by atoms with E-state index in [0.717, 1.165) is 10.0 Å². The minimum atomic E-state index is -0.330. The van der Waals surface area contributed by atoms with Gasteiger partial charge in [-0.3, -0.25) is 9.69 Å². The Hall–Kier alpha value is -3.25. The fourth-order valence-electron chi connectivity index (χ4n) is 3.00. The second-order valence-electron chi connectivity index (χ2n) is 6.36. The molecule has 0 spiro atoms. The van der Waals surface area contributed by atoms with Crippen molar-refractivity contribution in [1.29, 1.82) is 0 Å². The molecule has 0 unspecified atom stereocenters. The Bertz CT molecular complexity index is 1110. The number of aliphatic imine (C=N–C) groups is 1. The summed E-state index contributed by atoms with van der Waals surface area (Å²) < 4.78 is 19.3. The van der Waals surface area contributed by atoms with Crippen LogP contribution >= 0.6 is 15.9 Å². The van der Waals surface area contributed by atoms with Crippen LogP contribution in [0.4, 0.5) is 10.1 Å². The van der Waals surface area contributed by atoms with E-state index in [1.54, 1.807) is 42.4 Å². The number of carbonyl (C=O) groups excluding carboxylic acids is 1. The third-order valence-electron chi connectivity index (χ3n) is 4.47. The average Bonchev–Trinajstić information content (AvgIpc) is 3.06. The zero-order valence-electron chi connectivity index (χ0n) is 15.5. The second-order valence-corrected chi connectivity index (χ2v) is 7.28. The normalized spacial score (nSPS) is 15.0. The van der Waals surface area contributed by atoms with Crippen LogP contribution in [-0.4, -0.2) is 18.9 Å². The van der Waals surface area contributed by atoms with Gasteiger partial charge in [-0.1, -0.05) is 40.2 Å². The van der Waals surface area contributed by atoms with Crippen LogP contribution < -0.4 is 9.64 Å². The van der Waals surface area contributed by atoms with Gasteiger partial charge < -0.3 is 4.74 Å². The first kappa shape index (κ1) is 19.1. The molecule has 3 aromatic carbocycles. The molecule has 4 rings (SSSR count). The lowest BCUT2D eigenvalue weighted by molar-refractivity contribution is -0.113. The Labute approximate surface area is 176 Å². The van der Waals surface area contributed by atoms with E-state index in [-0.39, 0.29) is 17.4 Å². The maximum absolute atomic E-state index is 13.2. The van der Waals surface area contributed by atoms with Crippen molar-refractivity contribution in [2.24, 2.45) is 4.99 Å². The fourth-order valence-corrected chi connectivity index (χ4v) is 3.26. The molecule has 6 heteroatoms. The van der Waals surface area contributed by atoms with Crippen LogP contribution in [0, 0.1) is 5.82 Å². The molecular weight excluding hydrogens is 435 g/mol. The van der Waals surface area contributed by atoms with Crippen molar-refractivity contribution in [3.63, 3.8) is 0 Å². The highest BCUT2D eigenvalue weighted by Crippen LogP contribution is 2.29. The number of amidine groups is 1. The van der Waals surface area contributed by atoms with Crippen LogP contribution in [0.2, 0.25) is 0 Å². The molecule has 0 N–H and O–H groups in total. The second kappa shape index (κ2) is 8.01. The van der Waals surface area contributed by atoms with Crippen molar-refractivity contribution in [1.82, 2.24) is 0 Å². The molecule has 0 aliphatic carbocycles. The Morgan fingerprint density at radius 1 is 0.966 bits per heavy atom. The van der Waals surface area contributed by atoms with E-state index in [2.05, 4.69) is 20.9 Å². The number of carbonyl (C=O) groups is 1. The summed E-state index contributed by atoms with van der Waals surface area (Å²) in [7, 11) is 1.59. The summed E-state index contributed by atoms with van der Waals surface area (Å²) in [5.41, 5.74) is 2.47. The summed E-state index contributed by atoms with van der Waals surface area (Å²) in [6.45, 7) is 0. The van der Waals surface area contributed by atoms with Gasteiger partial charge in [-0.2, -0.15) is 0 Å². The maximum Gasteiger partial charge on any atom is 0.282 e. The minimum absolute atomic E-state index is 0.252. The van der Waals surface area contributed by atoms with Crippen LogP contribution in [0.1, 0.15) is 11.1 Å².